The highest BCUT2D eigenvalue weighted by atomic mass is 32.2. The van der Waals surface area contributed by atoms with Gasteiger partial charge in [-0.3, -0.25) is 0 Å². The number of hydrogen-bond acceptors (Lipinski definition) is 3. The lowest BCUT2D eigenvalue weighted by Crippen LogP contribution is -2.40. The Morgan fingerprint density at radius 1 is 1.32 bits per heavy atom. The SMILES string of the molecule is Cc1ccc(C)c(S(=O)(=O)NCC(O)C(F)(F)F)c1. The van der Waals surface area contributed by atoms with Gasteiger partial charge < -0.3 is 5.11 Å². The number of benzene rings is 1. The molecule has 108 valence electrons. The van der Waals surface area contributed by atoms with Gasteiger partial charge >= 0.3 is 6.18 Å². The first-order valence-electron chi connectivity index (χ1n) is 5.36. The first-order valence-corrected chi connectivity index (χ1v) is 6.84. The van der Waals surface area contributed by atoms with Gasteiger partial charge in [0.1, 0.15) is 0 Å². The molecule has 1 unspecified atom stereocenters. The maximum absolute atomic E-state index is 12.1. The quantitative estimate of drug-likeness (QED) is 0.885. The van der Waals surface area contributed by atoms with Gasteiger partial charge in [0.25, 0.3) is 0 Å². The van der Waals surface area contributed by atoms with Crippen LogP contribution in [0.2, 0.25) is 0 Å². The molecule has 0 saturated carbocycles. The lowest BCUT2D eigenvalue weighted by Gasteiger charge is -2.16. The number of aliphatic hydroxyl groups excluding tert-OH is 1. The van der Waals surface area contributed by atoms with E-state index < -0.39 is 28.8 Å². The van der Waals surface area contributed by atoms with Crippen molar-refractivity contribution in [2.75, 3.05) is 6.54 Å². The predicted octanol–water partition coefficient (Wildman–Crippen LogP) is 1.50. The molecule has 2 N–H and O–H groups in total. The number of rotatable bonds is 4. The Morgan fingerprint density at radius 2 is 1.89 bits per heavy atom. The van der Waals surface area contributed by atoms with Gasteiger partial charge in [-0.15, -0.1) is 0 Å². The zero-order valence-electron chi connectivity index (χ0n) is 10.3. The molecule has 0 saturated heterocycles. The zero-order chi connectivity index (χ0) is 14.8. The molecule has 19 heavy (non-hydrogen) atoms. The van der Waals surface area contributed by atoms with Gasteiger partial charge in [0, 0.05) is 6.54 Å². The van der Waals surface area contributed by atoms with Gasteiger partial charge in [-0.05, 0) is 31.0 Å². The molecule has 0 spiro atoms. The number of hydrogen-bond donors (Lipinski definition) is 2. The van der Waals surface area contributed by atoms with Gasteiger partial charge in [0.05, 0.1) is 4.90 Å². The van der Waals surface area contributed by atoms with Crippen molar-refractivity contribution in [3.63, 3.8) is 0 Å². The van der Waals surface area contributed by atoms with Crippen LogP contribution in [0, 0.1) is 13.8 Å². The lowest BCUT2D eigenvalue weighted by atomic mass is 10.2. The van der Waals surface area contributed by atoms with E-state index in [1.54, 1.807) is 23.8 Å². The summed E-state index contributed by atoms with van der Waals surface area (Å²) in [6.07, 6.45) is -7.59. The van der Waals surface area contributed by atoms with E-state index in [2.05, 4.69) is 0 Å². The molecule has 0 amide bonds. The maximum atomic E-state index is 12.1. The summed E-state index contributed by atoms with van der Waals surface area (Å²) in [4.78, 5) is -0.0955. The van der Waals surface area contributed by atoms with Crippen molar-refractivity contribution in [3.05, 3.63) is 29.3 Å². The van der Waals surface area contributed by atoms with Crippen LogP contribution in [0.5, 0.6) is 0 Å². The van der Waals surface area contributed by atoms with E-state index in [4.69, 9.17) is 5.11 Å². The largest absolute Gasteiger partial charge is 0.415 e. The van der Waals surface area contributed by atoms with Crippen LogP contribution in [0.25, 0.3) is 0 Å². The van der Waals surface area contributed by atoms with Crippen molar-refractivity contribution < 1.29 is 26.7 Å². The predicted molar refractivity (Wildman–Crippen MR) is 63.2 cm³/mol. The third-order valence-electron chi connectivity index (χ3n) is 2.48. The van der Waals surface area contributed by atoms with Crippen LogP contribution in [0.4, 0.5) is 13.2 Å². The van der Waals surface area contributed by atoms with Crippen molar-refractivity contribution in [1.29, 1.82) is 0 Å². The number of sulfonamides is 1. The van der Waals surface area contributed by atoms with Gasteiger partial charge in [-0.2, -0.15) is 13.2 Å². The number of halogens is 3. The fourth-order valence-electron chi connectivity index (χ4n) is 1.38. The van der Waals surface area contributed by atoms with Crippen molar-refractivity contribution in [1.82, 2.24) is 4.72 Å². The van der Waals surface area contributed by atoms with Crippen LogP contribution in [-0.4, -0.2) is 32.3 Å². The van der Waals surface area contributed by atoms with Gasteiger partial charge in [-0.1, -0.05) is 12.1 Å². The number of aryl methyl sites for hydroxylation is 2. The monoisotopic (exact) mass is 297 g/mol. The Kier molecular flexibility index (Phi) is 4.59. The fourth-order valence-corrected chi connectivity index (χ4v) is 2.74. The van der Waals surface area contributed by atoms with E-state index in [1.165, 1.54) is 13.0 Å². The third kappa shape index (κ3) is 4.19. The standard InChI is InChI=1S/C11H14F3NO3S/c1-7-3-4-8(2)9(5-7)19(17,18)15-6-10(16)11(12,13)14/h3-5,10,15-16H,6H2,1-2H3. The Balaban J connectivity index is 2.91. The summed E-state index contributed by atoms with van der Waals surface area (Å²) in [6.45, 7) is 2.09. The van der Waals surface area contributed by atoms with E-state index in [1.807, 2.05) is 0 Å². The van der Waals surface area contributed by atoms with Crippen molar-refractivity contribution in [2.24, 2.45) is 0 Å². The second-order valence-electron chi connectivity index (χ2n) is 4.18. The van der Waals surface area contributed by atoms with Crippen LogP contribution >= 0.6 is 0 Å². The maximum Gasteiger partial charge on any atom is 0.415 e. The van der Waals surface area contributed by atoms with Gasteiger partial charge in [0.15, 0.2) is 6.10 Å². The molecule has 0 radical (unpaired) electrons. The highest BCUT2D eigenvalue weighted by Gasteiger charge is 2.38. The summed E-state index contributed by atoms with van der Waals surface area (Å²) in [5, 5.41) is 8.77. The number of nitrogens with one attached hydrogen (secondary N) is 1. The summed E-state index contributed by atoms with van der Waals surface area (Å²) in [5.41, 5.74) is 1.09. The molecule has 1 rings (SSSR count). The first kappa shape index (κ1) is 15.9. The molecule has 4 nitrogen and oxygen atoms in total. The van der Waals surface area contributed by atoms with Crippen LogP contribution in [-0.2, 0) is 10.0 Å². The van der Waals surface area contributed by atoms with Crippen LogP contribution < -0.4 is 4.72 Å². The molecule has 0 aliphatic heterocycles. The molecule has 1 aromatic carbocycles. The Labute approximate surface area is 109 Å². The van der Waals surface area contributed by atoms with Crippen molar-refractivity contribution in [2.45, 2.75) is 31.0 Å². The van der Waals surface area contributed by atoms with E-state index >= 15 is 0 Å². The van der Waals surface area contributed by atoms with Crippen molar-refractivity contribution in [3.8, 4) is 0 Å². The van der Waals surface area contributed by atoms with Crippen LogP contribution in [0.3, 0.4) is 0 Å². The molecule has 0 heterocycles. The summed E-state index contributed by atoms with van der Waals surface area (Å²) in [6, 6.07) is 4.61. The minimum absolute atomic E-state index is 0.0955. The second kappa shape index (κ2) is 5.48. The topological polar surface area (TPSA) is 66.4 Å². The molecular weight excluding hydrogens is 283 g/mol. The summed E-state index contributed by atoms with van der Waals surface area (Å²) < 4.78 is 61.7. The van der Waals surface area contributed by atoms with Gasteiger partial charge in [0.2, 0.25) is 10.0 Å². The van der Waals surface area contributed by atoms with Crippen LogP contribution in [0.15, 0.2) is 23.1 Å². The zero-order valence-corrected chi connectivity index (χ0v) is 11.1. The molecule has 0 aliphatic carbocycles. The smallest absolute Gasteiger partial charge is 0.382 e. The Morgan fingerprint density at radius 3 is 2.42 bits per heavy atom. The minimum atomic E-state index is -4.86. The van der Waals surface area contributed by atoms with Gasteiger partial charge in [-0.25, -0.2) is 13.1 Å². The molecule has 0 bridgehead atoms. The van der Waals surface area contributed by atoms with E-state index in [-0.39, 0.29) is 4.90 Å². The molecule has 0 aliphatic rings. The van der Waals surface area contributed by atoms with E-state index in [0.717, 1.165) is 0 Å². The highest BCUT2D eigenvalue weighted by Crippen LogP contribution is 2.21. The Hall–Kier alpha value is -1.12. The molecule has 1 atom stereocenters. The summed E-state index contributed by atoms with van der Waals surface area (Å²) in [5.74, 6) is 0. The lowest BCUT2D eigenvalue weighted by molar-refractivity contribution is -0.200. The fraction of sp³-hybridized carbons (Fsp3) is 0.455. The second-order valence-corrected chi connectivity index (χ2v) is 5.91. The third-order valence-corrected chi connectivity index (χ3v) is 4.04. The average Bonchev–Trinajstić information content (AvgIpc) is 2.28. The number of aliphatic hydroxyl groups is 1. The molecule has 8 heteroatoms. The first-order chi connectivity index (χ1) is 8.54. The average molecular weight is 297 g/mol. The normalized spacial score (nSPS) is 14.4. The molecule has 0 aromatic heterocycles. The van der Waals surface area contributed by atoms with Crippen molar-refractivity contribution >= 4 is 10.0 Å². The Bertz CT molecular complexity index is 555. The molecule has 0 fully saturated rings. The highest BCUT2D eigenvalue weighted by molar-refractivity contribution is 7.89. The summed E-state index contributed by atoms with van der Waals surface area (Å²) in [7, 11) is -4.08. The van der Waals surface area contributed by atoms with E-state index in [0.29, 0.717) is 11.1 Å². The summed E-state index contributed by atoms with van der Waals surface area (Å²) >= 11 is 0. The van der Waals surface area contributed by atoms with E-state index in [9.17, 15) is 21.6 Å². The number of alkyl halides is 3. The van der Waals surface area contributed by atoms with Crippen LogP contribution in [0.1, 0.15) is 11.1 Å². The molecule has 1 aromatic rings. The molecular formula is C11H14F3NO3S. The minimum Gasteiger partial charge on any atom is -0.382 e.